The first kappa shape index (κ1) is 13.4. The Morgan fingerprint density at radius 3 is 2.78 bits per heavy atom. The molecule has 100 valence electrons. The molecule has 1 unspecified atom stereocenters. The number of piperazine rings is 1. The van der Waals surface area contributed by atoms with Crippen LogP contribution in [0, 0.1) is 0 Å². The first-order valence-corrected chi connectivity index (χ1v) is 6.95. The number of nitrogens with one attached hydrogen (secondary N) is 1. The summed E-state index contributed by atoms with van der Waals surface area (Å²) in [6.07, 6.45) is 2.30. The summed E-state index contributed by atoms with van der Waals surface area (Å²) in [7, 11) is 2.19. The number of hydrogen-bond acceptors (Lipinski definition) is 3. The minimum atomic E-state index is 0.489. The Balaban J connectivity index is 1.94. The fourth-order valence-corrected chi connectivity index (χ4v) is 2.30. The van der Waals surface area contributed by atoms with Crippen molar-refractivity contribution in [2.75, 3.05) is 33.3 Å². The summed E-state index contributed by atoms with van der Waals surface area (Å²) in [5.41, 5.74) is 1.37. The van der Waals surface area contributed by atoms with Crippen LogP contribution in [0.1, 0.15) is 31.4 Å². The van der Waals surface area contributed by atoms with Crippen molar-refractivity contribution in [3.05, 3.63) is 29.8 Å². The molecule has 1 aromatic carbocycles. The molecule has 2 rings (SSSR count). The van der Waals surface area contributed by atoms with Crippen LogP contribution in [0.2, 0.25) is 0 Å². The molecule has 0 aromatic heterocycles. The molecule has 0 bridgehead atoms. The van der Waals surface area contributed by atoms with Gasteiger partial charge in [-0.15, -0.1) is 0 Å². The standard InChI is InChI=1S/C15H24N2O/c1-3-4-11-18-14-7-5-13(6-8-14)15-12-16-9-10-17(15)2/h5-8,15-16H,3-4,9-12H2,1-2H3. The lowest BCUT2D eigenvalue weighted by atomic mass is 10.0. The van der Waals surface area contributed by atoms with E-state index in [1.165, 1.54) is 12.0 Å². The Hall–Kier alpha value is -1.06. The quantitative estimate of drug-likeness (QED) is 0.810. The van der Waals surface area contributed by atoms with Gasteiger partial charge in [0, 0.05) is 25.7 Å². The van der Waals surface area contributed by atoms with Gasteiger partial charge in [0.1, 0.15) is 5.75 Å². The average Bonchev–Trinajstić information content (AvgIpc) is 2.41. The van der Waals surface area contributed by atoms with Crippen LogP contribution in [0.25, 0.3) is 0 Å². The van der Waals surface area contributed by atoms with Gasteiger partial charge in [-0.2, -0.15) is 0 Å². The Labute approximate surface area is 110 Å². The molecule has 0 radical (unpaired) electrons. The summed E-state index contributed by atoms with van der Waals surface area (Å²) in [6.45, 7) is 6.23. The van der Waals surface area contributed by atoms with Crippen molar-refractivity contribution in [2.45, 2.75) is 25.8 Å². The Bertz CT molecular complexity index is 350. The number of benzene rings is 1. The maximum absolute atomic E-state index is 5.69. The molecule has 1 atom stereocenters. The highest BCUT2D eigenvalue weighted by molar-refractivity contribution is 5.29. The van der Waals surface area contributed by atoms with Crippen LogP contribution >= 0.6 is 0 Å². The normalized spacial score (nSPS) is 20.9. The van der Waals surface area contributed by atoms with E-state index in [1.54, 1.807) is 0 Å². The molecule has 1 aliphatic heterocycles. The van der Waals surface area contributed by atoms with Crippen LogP contribution in [0.15, 0.2) is 24.3 Å². The molecule has 0 spiro atoms. The molecule has 3 nitrogen and oxygen atoms in total. The largest absolute Gasteiger partial charge is 0.494 e. The number of nitrogens with zero attached hydrogens (tertiary/aromatic N) is 1. The van der Waals surface area contributed by atoms with Crippen molar-refractivity contribution in [1.82, 2.24) is 10.2 Å². The highest BCUT2D eigenvalue weighted by atomic mass is 16.5. The van der Waals surface area contributed by atoms with E-state index in [0.717, 1.165) is 38.4 Å². The van der Waals surface area contributed by atoms with Crippen LogP contribution in [0.3, 0.4) is 0 Å². The van der Waals surface area contributed by atoms with E-state index in [-0.39, 0.29) is 0 Å². The van der Waals surface area contributed by atoms with Gasteiger partial charge >= 0.3 is 0 Å². The monoisotopic (exact) mass is 248 g/mol. The molecule has 1 aromatic rings. The van der Waals surface area contributed by atoms with Gasteiger partial charge in [0.15, 0.2) is 0 Å². The van der Waals surface area contributed by atoms with Crippen molar-refractivity contribution in [3.63, 3.8) is 0 Å². The molecule has 0 amide bonds. The van der Waals surface area contributed by atoms with Gasteiger partial charge in [-0.05, 0) is 31.2 Å². The van der Waals surface area contributed by atoms with Crippen LogP contribution in [0.5, 0.6) is 5.75 Å². The Morgan fingerprint density at radius 2 is 2.11 bits per heavy atom. The third kappa shape index (κ3) is 3.47. The second-order valence-electron chi connectivity index (χ2n) is 4.97. The van der Waals surface area contributed by atoms with Crippen molar-refractivity contribution < 1.29 is 4.74 Å². The van der Waals surface area contributed by atoms with Gasteiger partial charge < -0.3 is 10.1 Å². The number of ether oxygens (including phenoxy) is 1. The molecule has 3 heteroatoms. The highest BCUT2D eigenvalue weighted by Crippen LogP contribution is 2.23. The molecule has 1 aliphatic rings. The second kappa shape index (κ2) is 6.76. The molecule has 1 N–H and O–H groups in total. The summed E-state index contributed by atoms with van der Waals surface area (Å²) in [5.74, 6) is 0.985. The summed E-state index contributed by atoms with van der Waals surface area (Å²) >= 11 is 0. The molecule has 18 heavy (non-hydrogen) atoms. The van der Waals surface area contributed by atoms with Gasteiger partial charge in [-0.25, -0.2) is 0 Å². The molecule has 0 saturated carbocycles. The topological polar surface area (TPSA) is 24.5 Å². The maximum atomic E-state index is 5.69. The minimum Gasteiger partial charge on any atom is -0.494 e. The van der Waals surface area contributed by atoms with Gasteiger partial charge in [0.05, 0.1) is 6.61 Å². The second-order valence-corrected chi connectivity index (χ2v) is 4.97. The SMILES string of the molecule is CCCCOc1ccc(C2CNCCN2C)cc1. The van der Waals surface area contributed by atoms with E-state index in [2.05, 4.69) is 48.5 Å². The van der Waals surface area contributed by atoms with Crippen LogP contribution < -0.4 is 10.1 Å². The van der Waals surface area contributed by atoms with E-state index >= 15 is 0 Å². The predicted molar refractivity (Wildman–Crippen MR) is 75.1 cm³/mol. The molecule has 1 fully saturated rings. The van der Waals surface area contributed by atoms with E-state index < -0.39 is 0 Å². The lowest BCUT2D eigenvalue weighted by Gasteiger charge is -2.33. The molecule has 1 saturated heterocycles. The Kier molecular flexibility index (Phi) is 5.02. The molecule has 0 aliphatic carbocycles. The van der Waals surface area contributed by atoms with Gasteiger partial charge in [0.2, 0.25) is 0 Å². The van der Waals surface area contributed by atoms with Crippen molar-refractivity contribution in [3.8, 4) is 5.75 Å². The predicted octanol–water partition coefficient (Wildman–Crippen LogP) is 2.44. The number of rotatable bonds is 5. The minimum absolute atomic E-state index is 0.489. The molecular weight excluding hydrogens is 224 g/mol. The lowest BCUT2D eigenvalue weighted by Crippen LogP contribution is -2.43. The number of hydrogen-bond donors (Lipinski definition) is 1. The van der Waals surface area contributed by atoms with Crippen LogP contribution in [0.4, 0.5) is 0 Å². The molecule has 1 heterocycles. The van der Waals surface area contributed by atoms with Gasteiger partial charge in [0.25, 0.3) is 0 Å². The smallest absolute Gasteiger partial charge is 0.119 e. The van der Waals surface area contributed by atoms with Gasteiger partial charge in [-0.1, -0.05) is 25.5 Å². The summed E-state index contributed by atoms with van der Waals surface area (Å²) in [5, 5.41) is 3.45. The van der Waals surface area contributed by atoms with Crippen LogP contribution in [-0.2, 0) is 0 Å². The van der Waals surface area contributed by atoms with Gasteiger partial charge in [-0.3, -0.25) is 4.90 Å². The van der Waals surface area contributed by atoms with E-state index in [1.807, 2.05) is 0 Å². The fourth-order valence-electron chi connectivity index (χ4n) is 2.30. The Morgan fingerprint density at radius 1 is 1.33 bits per heavy atom. The zero-order valence-electron chi connectivity index (χ0n) is 11.5. The first-order valence-electron chi connectivity index (χ1n) is 6.95. The van der Waals surface area contributed by atoms with E-state index in [4.69, 9.17) is 4.74 Å². The van der Waals surface area contributed by atoms with E-state index in [0.29, 0.717) is 6.04 Å². The average molecular weight is 248 g/mol. The number of unbranched alkanes of at least 4 members (excludes halogenated alkanes) is 1. The lowest BCUT2D eigenvalue weighted by molar-refractivity contribution is 0.202. The summed E-state index contributed by atoms with van der Waals surface area (Å²) < 4.78 is 5.69. The summed E-state index contributed by atoms with van der Waals surface area (Å²) in [4.78, 5) is 2.41. The van der Waals surface area contributed by atoms with Crippen molar-refractivity contribution in [2.24, 2.45) is 0 Å². The maximum Gasteiger partial charge on any atom is 0.119 e. The van der Waals surface area contributed by atoms with Crippen molar-refractivity contribution in [1.29, 1.82) is 0 Å². The summed E-state index contributed by atoms with van der Waals surface area (Å²) in [6, 6.07) is 9.05. The third-order valence-corrected chi connectivity index (χ3v) is 3.54. The van der Waals surface area contributed by atoms with E-state index in [9.17, 15) is 0 Å². The zero-order valence-corrected chi connectivity index (χ0v) is 11.5. The third-order valence-electron chi connectivity index (χ3n) is 3.54. The zero-order chi connectivity index (χ0) is 12.8. The fraction of sp³-hybridized carbons (Fsp3) is 0.600. The van der Waals surface area contributed by atoms with Crippen LogP contribution in [-0.4, -0.2) is 38.2 Å². The highest BCUT2D eigenvalue weighted by Gasteiger charge is 2.19. The molecular formula is C15H24N2O. The first-order chi connectivity index (χ1) is 8.81. The number of likely N-dealkylation sites (N-methyl/N-ethyl adjacent to an activating group) is 1. The van der Waals surface area contributed by atoms with Crippen molar-refractivity contribution >= 4 is 0 Å².